The molecule has 4 rings (SSSR count). The monoisotopic (exact) mass is 483 g/mol. The number of nitrogens with one attached hydrogen (secondary N) is 1. The molecular weight excluding hydrogens is 453 g/mol. The molecule has 0 spiro atoms. The fourth-order valence-electron chi connectivity index (χ4n) is 4.09. The lowest BCUT2D eigenvalue weighted by atomic mass is 9.91. The number of halogens is 1. The summed E-state index contributed by atoms with van der Waals surface area (Å²) in [6.07, 6.45) is 0.435. The summed E-state index contributed by atoms with van der Waals surface area (Å²) in [5.74, 6) is -0.335. The summed E-state index contributed by atoms with van der Waals surface area (Å²) in [4.78, 5) is 28.8. The van der Waals surface area contributed by atoms with Crippen LogP contribution in [0.1, 0.15) is 69.4 Å². The number of aromatic nitrogens is 4. The van der Waals surface area contributed by atoms with Crippen molar-refractivity contribution in [3.05, 3.63) is 53.0 Å². The maximum Gasteiger partial charge on any atom is 0.325 e. The summed E-state index contributed by atoms with van der Waals surface area (Å²) < 4.78 is 26.2. The SMILES string of the molecule is Cc1ccccc1C1(c2noc(-c3cc(C(C)F)n(CC(=O)NCC(=O)OC(C)(C)C)n3)n2)CC1. The summed E-state index contributed by atoms with van der Waals surface area (Å²) in [7, 11) is 0. The van der Waals surface area contributed by atoms with Crippen molar-refractivity contribution in [3.8, 4) is 11.6 Å². The molecule has 1 atom stereocenters. The lowest BCUT2D eigenvalue weighted by Gasteiger charge is -2.19. The molecule has 186 valence electrons. The van der Waals surface area contributed by atoms with Crippen LogP contribution < -0.4 is 5.32 Å². The highest BCUT2D eigenvalue weighted by Crippen LogP contribution is 2.53. The van der Waals surface area contributed by atoms with E-state index in [1.54, 1.807) is 20.8 Å². The minimum absolute atomic E-state index is 0.162. The van der Waals surface area contributed by atoms with Crippen molar-refractivity contribution in [1.82, 2.24) is 25.2 Å². The summed E-state index contributed by atoms with van der Waals surface area (Å²) in [5.41, 5.74) is 1.85. The minimum atomic E-state index is -1.39. The highest BCUT2D eigenvalue weighted by Gasteiger charge is 2.50. The van der Waals surface area contributed by atoms with Crippen LogP contribution in [0.5, 0.6) is 0 Å². The Morgan fingerprint density at radius 2 is 2.00 bits per heavy atom. The van der Waals surface area contributed by atoms with Crippen LogP contribution in [0.3, 0.4) is 0 Å². The molecule has 3 aromatic rings. The van der Waals surface area contributed by atoms with Crippen LogP contribution in [0.2, 0.25) is 0 Å². The zero-order valence-corrected chi connectivity index (χ0v) is 20.6. The molecule has 1 fully saturated rings. The van der Waals surface area contributed by atoms with Gasteiger partial charge < -0.3 is 14.6 Å². The molecule has 2 heterocycles. The Labute approximate surface area is 203 Å². The Kier molecular flexibility index (Phi) is 6.48. The van der Waals surface area contributed by atoms with Gasteiger partial charge in [0.2, 0.25) is 5.91 Å². The van der Waals surface area contributed by atoms with Gasteiger partial charge in [0.25, 0.3) is 5.89 Å². The van der Waals surface area contributed by atoms with Crippen LogP contribution in [-0.2, 0) is 26.3 Å². The molecule has 1 N–H and O–H groups in total. The van der Waals surface area contributed by atoms with E-state index >= 15 is 0 Å². The number of hydrogen-bond donors (Lipinski definition) is 1. The summed E-state index contributed by atoms with van der Waals surface area (Å²) >= 11 is 0. The van der Waals surface area contributed by atoms with E-state index in [0.717, 1.165) is 24.0 Å². The van der Waals surface area contributed by atoms with E-state index in [1.165, 1.54) is 17.7 Å². The molecule has 1 aliphatic rings. The Balaban J connectivity index is 1.50. The largest absolute Gasteiger partial charge is 0.459 e. The quantitative estimate of drug-likeness (QED) is 0.485. The third kappa shape index (κ3) is 5.41. The third-order valence-electron chi connectivity index (χ3n) is 5.85. The van der Waals surface area contributed by atoms with Crippen molar-refractivity contribution in [1.29, 1.82) is 0 Å². The molecule has 0 bridgehead atoms. The van der Waals surface area contributed by atoms with E-state index in [-0.39, 0.29) is 35.8 Å². The van der Waals surface area contributed by atoms with Crippen LogP contribution in [0.15, 0.2) is 34.9 Å². The van der Waals surface area contributed by atoms with Crippen LogP contribution in [0.4, 0.5) is 4.39 Å². The maximum absolute atomic E-state index is 14.3. The molecule has 0 aliphatic heterocycles. The molecule has 10 heteroatoms. The number of amides is 1. The van der Waals surface area contributed by atoms with Gasteiger partial charge in [-0.05, 0) is 64.7 Å². The van der Waals surface area contributed by atoms with Crippen molar-refractivity contribution >= 4 is 11.9 Å². The van der Waals surface area contributed by atoms with Gasteiger partial charge in [-0.3, -0.25) is 14.3 Å². The fraction of sp³-hybridized carbons (Fsp3) is 0.480. The number of ether oxygens (including phenoxy) is 1. The normalized spacial score (nSPS) is 15.5. The molecule has 1 unspecified atom stereocenters. The van der Waals surface area contributed by atoms with Gasteiger partial charge in [0.1, 0.15) is 24.9 Å². The Morgan fingerprint density at radius 3 is 2.63 bits per heavy atom. The zero-order chi connectivity index (χ0) is 25.4. The van der Waals surface area contributed by atoms with Crippen molar-refractivity contribution in [2.45, 2.75) is 71.2 Å². The first-order valence-corrected chi connectivity index (χ1v) is 11.6. The van der Waals surface area contributed by atoms with E-state index in [2.05, 4.69) is 39.6 Å². The maximum atomic E-state index is 14.3. The molecule has 35 heavy (non-hydrogen) atoms. The van der Waals surface area contributed by atoms with Crippen molar-refractivity contribution < 1.29 is 23.2 Å². The first-order valence-electron chi connectivity index (χ1n) is 11.6. The average Bonchev–Trinajstić information content (AvgIpc) is 3.22. The lowest BCUT2D eigenvalue weighted by molar-refractivity contribution is -0.154. The first-order chi connectivity index (χ1) is 16.5. The Morgan fingerprint density at radius 1 is 1.29 bits per heavy atom. The van der Waals surface area contributed by atoms with Crippen LogP contribution in [0, 0.1) is 6.92 Å². The number of carbonyl (C=O) groups is 2. The second-order valence-corrected chi connectivity index (χ2v) is 9.91. The van der Waals surface area contributed by atoms with Crippen molar-refractivity contribution in [2.75, 3.05) is 6.54 Å². The number of rotatable bonds is 8. The molecule has 1 amide bonds. The average molecular weight is 484 g/mol. The number of hydrogen-bond acceptors (Lipinski definition) is 7. The number of aryl methyl sites for hydroxylation is 1. The number of benzene rings is 1. The molecule has 0 radical (unpaired) electrons. The second-order valence-electron chi connectivity index (χ2n) is 9.91. The molecular formula is C25H30FN5O4. The van der Waals surface area contributed by atoms with E-state index in [4.69, 9.17) is 9.26 Å². The fourth-order valence-corrected chi connectivity index (χ4v) is 4.09. The molecule has 9 nitrogen and oxygen atoms in total. The Hall–Kier alpha value is -3.56. The van der Waals surface area contributed by atoms with Gasteiger partial charge >= 0.3 is 5.97 Å². The van der Waals surface area contributed by atoms with Crippen LogP contribution >= 0.6 is 0 Å². The van der Waals surface area contributed by atoms with Gasteiger partial charge in [-0.15, -0.1) is 0 Å². The number of alkyl halides is 1. The lowest BCUT2D eigenvalue weighted by Crippen LogP contribution is -2.36. The molecule has 1 aliphatic carbocycles. The van der Waals surface area contributed by atoms with E-state index in [0.29, 0.717) is 5.82 Å². The minimum Gasteiger partial charge on any atom is -0.459 e. The highest BCUT2D eigenvalue weighted by atomic mass is 19.1. The first kappa shape index (κ1) is 24.6. The van der Waals surface area contributed by atoms with E-state index in [1.807, 2.05) is 12.1 Å². The smallest absolute Gasteiger partial charge is 0.325 e. The van der Waals surface area contributed by atoms with E-state index in [9.17, 15) is 14.0 Å². The predicted octanol–water partition coefficient (Wildman–Crippen LogP) is 3.81. The molecule has 1 aromatic carbocycles. The van der Waals surface area contributed by atoms with Crippen LogP contribution in [-0.4, -0.2) is 43.9 Å². The van der Waals surface area contributed by atoms with Gasteiger partial charge in [-0.2, -0.15) is 10.1 Å². The molecule has 2 aromatic heterocycles. The predicted molar refractivity (Wildman–Crippen MR) is 125 cm³/mol. The van der Waals surface area contributed by atoms with Crippen molar-refractivity contribution in [2.24, 2.45) is 0 Å². The second kappa shape index (κ2) is 9.24. The standard InChI is InChI=1S/C25H30FN5O4/c1-15-8-6-7-9-17(15)25(10-11-25)23-28-22(35-30-23)18-12-19(16(2)26)31(29-18)14-20(32)27-13-21(33)34-24(3,4)5/h6-9,12,16H,10-11,13-14H2,1-5H3,(H,27,32). The number of nitrogens with zero attached hydrogens (tertiary/aromatic N) is 4. The van der Waals surface area contributed by atoms with Gasteiger partial charge in [0.05, 0.1) is 11.1 Å². The topological polar surface area (TPSA) is 112 Å². The van der Waals surface area contributed by atoms with Gasteiger partial charge in [0.15, 0.2) is 11.5 Å². The highest BCUT2D eigenvalue weighted by molar-refractivity contribution is 5.82. The third-order valence-corrected chi connectivity index (χ3v) is 5.85. The van der Waals surface area contributed by atoms with Crippen molar-refractivity contribution in [3.63, 3.8) is 0 Å². The zero-order valence-electron chi connectivity index (χ0n) is 20.6. The Bertz CT molecular complexity index is 1240. The summed E-state index contributed by atoms with van der Waals surface area (Å²) in [6.45, 7) is 8.05. The van der Waals surface area contributed by atoms with Gasteiger partial charge in [0, 0.05) is 0 Å². The summed E-state index contributed by atoms with van der Waals surface area (Å²) in [5, 5.41) is 11.0. The van der Waals surface area contributed by atoms with Gasteiger partial charge in [-0.1, -0.05) is 29.4 Å². The molecule has 0 saturated heterocycles. The van der Waals surface area contributed by atoms with E-state index < -0.39 is 23.6 Å². The van der Waals surface area contributed by atoms with Crippen LogP contribution in [0.25, 0.3) is 11.6 Å². The summed E-state index contributed by atoms with van der Waals surface area (Å²) in [6, 6.07) is 9.61. The molecule has 1 saturated carbocycles. The van der Waals surface area contributed by atoms with Gasteiger partial charge in [-0.25, -0.2) is 4.39 Å². The number of carbonyl (C=O) groups excluding carboxylic acids is 2. The number of esters is 1.